The van der Waals surface area contributed by atoms with Crippen molar-refractivity contribution in [2.45, 2.75) is 6.10 Å². The van der Waals surface area contributed by atoms with Crippen molar-refractivity contribution in [3.8, 4) is 5.75 Å². The van der Waals surface area contributed by atoms with Crippen LogP contribution in [0.3, 0.4) is 0 Å². The molecule has 2 aromatic rings. The highest BCUT2D eigenvalue weighted by Gasteiger charge is 2.13. The van der Waals surface area contributed by atoms with Gasteiger partial charge in [0.2, 0.25) is 0 Å². The largest absolute Gasteiger partial charge is 0.481 e. The molecule has 0 radical (unpaired) electrons. The molecule has 0 aliphatic carbocycles. The normalized spacial score (nSPS) is 12.1. The van der Waals surface area contributed by atoms with Crippen molar-refractivity contribution in [1.82, 2.24) is 4.98 Å². The Hall–Kier alpha value is -1.94. The van der Waals surface area contributed by atoms with E-state index in [1.807, 2.05) is 6.07 Å². The minimum atomic E-state index is -0.394. The first kappa shape index (κ1) is 11.5. The van der Waals surface area contributed by atoms with Crippen LogP contribution in [0.2, 0.25) is 0 Å². The molecule has 1 aromatic carbocycles. The molecule has 0 aliphatic rings. The summed E-state index contributed by atoms with van der Waals surface area (Å²) in [5.41, 5.74) is 6.46. The van der Waals surface area contributed by atoms with Gasteiger partial charge in [-0.15, -0.1) is 0 Å². The summed E-state index contributed by atoms with van der Waals surface area (Å²) in [6, 6.07) is 9.91. The standard InChI is InChI=1S/C13H13FN2O/c14-11-5-1-2-6-12(11)17-13(8-15)10-4-3-7-16-9-10/h1-7,9,13H,8,15H2. The van der Waals surface area contributed by atoms with E-state index in [9.17, 15) is 4.39 Å². The van der Waals surface area contributed by atoms with Gasteiger partial charge in [-0.3, -0.25) is 4.98 Å². The minimum Gasteiger partial charge on any atom is -0.481 e. The smallest absolute Gasteiger partial charge is 0.165 e. The summed E-state index contributed by atoms with van der Waals surface area (Å²) >= 11 is 0. The summed E-state index contributed by atoms with van der Waals surface area (Å²) in [5.74, 6) is -0.193. The van der Waals surface area contributed by atoms with Crippen LogP contribution in [0, 0.1) is 5.82 Å². The van der Waals surface area contributed by atoms with Crippen molar-refractivity contribution < 1.29 is 9.13 Å². The van der Waals surface area contributed by atoms with Gasteiger partial charge < -0.3 is 10.5 Å². The van der Waals surface area contributed by atoms with Gasteiger partial charge >= 0.3 is 0 Å². The Kier molecular flexibility index (Phi) is 3.67. The molecule has 0 spiro atoms. The summed E-state index contributed by atoms with van der Waals surface area (Å²) < 4.78 is 19.0. The molecule has 1 unspecified atom stereocenters. The number of hydrogen-bond donors (Lipinski definition) is 1. The van der Waals surface area contributed by atoms with Crippen molar-refractivity contribution in [1.29, 1.82) is 0 Å². The second-order valence-corrected chi connectivity index (χ2v) is 3.56. The maximum Gasteiger partial charge on any atom is 0.165 e. The number of hydrogen-bond acceptors (Lipinski definition) is 3. The van der Waals surface area contributed by atoms with Gasteiger partial charge in [0.1, 0.15) is 6.10 Å². The summed E-state index contributed by atoms with van der Waals surface area (Å²) in [4.78, 5) is 3.99. The lowest BCUT2D eigenvalue weighted by atomic mass is 10.1. The van der Waals surface area contributed by atoms with Gasteiger partial charge in [-0.25, -0.2) is 4.39 Å². The Balaban J connectivity index is 2.19. The van der Waals surface area contributed by atoms with E-state index in [-0.39, 0.29) is 18.4 Å². The highest BCUT2D eigenvalue weighted by molar-refractivity contribution is 5.25. The van der Waals surface area contributed by atoms with Crippen molar-refractivity contribution in [2.75, 3.05) is 6.54 Å². The molecule has 0 fully saturated rings. The van der Waals surface area contributed by atoms with E-state index < -0.39 is 5.82 Å². The molecule has 2 rings (SSSR count). The highest BCUT2D eigenvalue weighted by Crippen LogP contribution is 2.23. The molecule has 0 aliphatic heterocycles. The van der Waals surface area contributed by atoms with E-state index in [0.29, 0.717) is 0 Å². The second kappa shape index (κ2) is 5.41. The molecule has 3 nitrogen and oxygen atoms in total. The first-order chi connectivity index (χ1) is 8.31. The van der Waals surface area contributed by atoms with Crippen LogP contribution >= 0.6 is 0 Å². The maximum absolute atomic E-state index is 13.4. The van der Waals surface area contributed by atoms with Crippen LogP contribution in [0.15, 0.2) is 48.8 Å². The van der Waals surface area contributed by atoms with Crippen molar-refractivity contribution in [3.63, 3.8) is 0 Å². The fourth-order valence-corrected chi connectivity index (χ4v) is 1.51. The number of pyridine rings is 1. The molecule has 1 aromatic heterocycles. The van der Waals surface area contributed by atoms with Crippen LogP contribution in [0.4, 0.5) is 4.39 Å². The number of aromatic nitrogens is 1. The van der Waals surface area contributed by atoms with E-state index in [0.717, 1.165) is 5.56 Å². The van der Waals surface area contributed by atoms with Crippen molar-refractivity contribution in [3.05, 3.63) is 60.2 Å². The average Bonchev–Trinajstić information content (AvgIpc) is 2.39. The maximum atomic E-state index is 13.4. The Labute approximate surface area is 99.1 Å². The SMILES string of the molecule is NCC(Oc1ccccc1F)c1cccnc1. The zero-order valence-corrected chi connectivity index (χ0v) is 9.21. The first-order valence-corrected chi connectivity index (χ1v) is 5.32. The molecule has 0 saturated carbocycles. The summed E-state index contributed by atoms with van der Waals surface area (Å²) in [5, 5.41) is 0. The van der Waals surface area contributed by atoms with Gasteiger partial charge in [-0.1, -0.05) is 18.2 Å². The fourth-order valence-electron chi connectivity index (χ4n) is 1.51. The third kappa shape index (κ3) is 2.79. The number of ether oxygens (including phenoxy) is 1. The number of halogens is 1. The molecule has 0 saturated heterocycles. The molecule has 0 amide bonds. The van der Waals surface area contributed by atoms with E-state index in [1.165, 1.54) is 6.07 Å². The second-order valence-electron chi connectivity index (χ2n) is 3.56. The Morgan fingerprint density at radius 3 is 2.71 bits per heavy atom. The quantitative estimate of drug-likeness (QED) is 0.879. The number of nitrogens with two attached hydrogens (primary N) is 1. The molecule has 1 heterocycles. The fraction of sp³-hybridized carbons (Fsp3) is 0.154. The molecular formula is C13H13FN2O. The predicted molar refractivity (Wildman–Crippen MR) is 63.1 cm³/mol. The number of para-hydroxylation sites is 1. The van der Waals surface area contributed by atoms with E-state index in [1.54, 1.807) is 36.7 Å². The monoisotopic (exact) mass is 232 g/mol. The average molecular weight is 232 g/mol. The zero-order chi connectivity index (χ0) is 12.1. The van der Waals surface area contributed by atoms with E-state index in [4.69, 9.17) is 10.5 Å². The van der Waals surface area contributed by atoms with Gasteiger partial charge in [0.15, 0.2) is 11.6 Å². The lowest BCUT2D eigenvalue weighted by Crippen LogP contribution is -2.19. The lowest BCUT2D eigenvalue weighted by Gasteiger charge is -2.17. The molecule has 17 heavy (non-hydrogen) atoms. The van der Waals surface area contributed by atoms with Gasteiger partial charge in [0, 0.05) is 24.5 Å². The van der Waals surface area contributed by atoms with Crippen LogP contribution in [0.5, 0.6) is 5.75 Å². The molecule has 2 N–H and O–H groups in total. The Morgan fingerprint density at radius 1 is 1.24 bits per heavy atom. The lowest BCUT2D eigenvalue weighted by molar-refractivity contribution is 0.204. The molecule has 88 valence electrons. The predicted octanol–water partition coefficient (Wildman–Crippen LogP) is 2.30. The number of rotatable bonds is 4. The molecule has 0 bridgehead atoms. The summed E-state index contributed by atoms with van der Waals surface area (Å²) in [6.07, 6.45) is 2.94. The van der Waals surface area contributed by atoms with Crippen LogP contribution in [-0.4, -0.2) is 11.5 Å². The summed E-state index contributed by atoms with van der Waals surface area (Å²) in [6.45, 7) is 0.264. The third-order valence-electron chi connectivity index (χ3n) is 2.38. The van der Waals surface area contributed by atoms with Gasteiger partial charge in [0.05, 0.1) is 0 Å². The Morgan fingerprint density at radius 2 is 2.06 bits per heavy atom. The van der Waals surface area contributed by atoms with Crippen LogP contribution in [0.1, 0.15) is 11.7 Å². The van der Waals surface area contributed by atoms with Crippen LogP contribution in [0.25, 0.3) is 0 Å². The van der Waals surface area contributed by atoms with E-state index >= 15 is 0 Å². The summed E-state index contributed by atoms with van der Waals surface area (Å²) in [7, 11) is 0. The zero-order valence-electron chi connectivity index (χ0n) is 9.21. The Bertz CT molecular complexity index is 476. The van der Waals surface area contributed by atoms with E-state index in [2.05, 4.69) is 4.98 Å². The first-order valence-electron chi connectivity index (χ1n) is 5.32. The van der Waals surface area contributed by atoms with Gasteiger partial charge in [0.25, 0.3) is 0 Å². The highest BCUT2D eigenvalue weighted by atomic mass is 19.1. The molecule has 1 atom stereocenters. The van der Waals surface area contributed by atoms with Gasteiger partial charge in [-0.2, -0.15) is 0 Å². The number of benzene rings is 1. The molecular weight excluding hydrogens is 219 g/mol. The topological polar surface area (TPSA) is 48.1 Å². The van der Waals surface area contributed by atoms with Crippen molar-refractivity contribution in [2.24, 2.45) is 5.73 Å². The van der Waals surface area contributed by atoms with Gasteiger partial charge in [-0.05, 0) is 18.2 Å². The third-order valence-corrected chi connectivity index (χ3v) is 2.38. The van der Waals surface area contributed by atoms with Crippen molar-refractivity contribution >= 4 is 0 Å². The minimum absolute atomic E-state index is 0.201. The van der Waals surface area contributed by atoms with Crippen LogP contribution in [-0.2, 0) is 0 Å². The molecule has 4 heteroatoms. The van der Waals surface area contributed by atoms with Crippen LogP contribution < -0.4 is 10.5 Å². The number of nitrogens with zero attached hydrogens (tertiary/aromatic N) is 1.